The summed E-state index contributed by atoms with van der Waals surface area (Å²) in [5.74, 6) is 0.735. The number of rotatable bonds is 3. The smallest absolute Gasteiger partial charge is 0.119 e. The Morgan fingerprint density at radius 2 is 1.95 bits per heavy atom. The van der Waals surface area contributed by atoms with Crippen LogP contribution in [0.2, 0.25) is 0 Å². The molecule has 0 radical (unpaired) electrons. The summed E-state index contributed by atoms with van der Waals surface area (Å²) >= 11 is 1.20. The third-order valence-electron chi connectivity index (χ3n) is 2.75. The van der Waals surface area contributed by atoms with Crippen LogP contribution in [0.3, 0.4) is 0 Å². The quantitative estimate of drug-likeness (QED) is 0.731. The molecule has 0 atom stereocenters. The maximum absolute atomic E-state index is 8.73. The summed E-state index contributed by atoms with van der Waals surface area (Å²) in [6, 6.07) is 15.0. The van der Waals surface area contributed by atoms with Crippen molar-refractivity contribution in [3.63, 3.8) is 0 Å². The zero-order valence-corrected chi connectivity index (χ0v) is 10.7. The second-order valence-electron chi connectivity index (χ2n) is 3.97. The SMILES string of the molecule is N#Cc1ccc(OCc2cccc3nsnc23)cc1. The molecule has 1 aromatic heterocycles. The average molecular weight is 267 g/mol. The Bertz CT molecular complexity index is 743. The molecule has 0 saturated carbocycles. The molecule has 0 unspecified atom stereocenters. The van der Waals surface area contributed by atoms with Gasteiger partial charge in [0, 0.05) is 5.56 Å². The van der Waals surface area contributed by atoms with Crippen LogP contribution in [-0.2, 0) is 6.61 Å². The minimum atomic E-state index is 0.439. The minimum absolute atomic E-state index is 0.439. The van der Waals surface area contributed by atoms with E-state index in [2.05, 4.69) is 14.8 Å². The van der Waals surface area contributed by atoms with Gasteiger partial charge in [0.1, 0.15) is 23.4 Å². The first-order valence-electron chi connectivity index (χ1n) is 5.70. The van der Waals surface area contributed by atoms with Crippen molar-refractivity contribution in [2.75, 3.05) is 0 Å². The number of benzene rings is 2. The van der Waals surface area contributed by atoms with Crippen LogP contribution in [-0.4, -0.2) is 8.75 Å². The van der Waals surface area contributed by atoms with Crippen molar-refractivity contribution in [3.8, 4) is 11.8 Å². The lowest BCUT2D eigenvalue weighted by atomic mass is 10.2. The lowest BCUT2D eigenvalue weighted by molar-refractivity contribution is 0.307. The molecule has 0 bridgehead atoms. The van der Waals surface area contributed by atoms with E-state index in [1.165, 1.54) is 11.7 Å². The van der Waals surface area contributed by atoms with Crippen LogP contribution < -0.4 is 4.74 Å². The molecule has 1 heterocycles. The van der Waals surface area contributed by atoms with Crippen molar-refractivity contribution >= 4 is 22.8 Å². The highest BCUT2D eigenvalue weighted by atomic mass is 32.1. The molecule has 0 amide bonds. The first-order chi connectivity index (χ1) is 9.36. The maximum atomic E-state index is 8.73. The van der Waals surface area contributed by atoms with E-state index in [1.807, 2.05) is 18.2 Å². The molecule has 4 nitrogen and oxygen atoms in total. The summed E-state index contributed by atoms with van der Waals surface area (Å²) in [7, 11) is 0. The number of hydrogen-bond acceptors (Lipinski definition) is 5. The number of fused-ring (bicyclic) bond motifs is 1. The number of hydrogen-bond donors (Lipinski definition) is 0. The van der Waals surface area contributed by atoms with E-state index in [9.17, 15) is 0 Å². The van der Waals surface area contributed by atoms with E-state index in [1.54, 1.807) is 24.3 Å². The Balaban J connectivity index is 1.78. The first-order valence-corrected chi connectivity index (χ1v) is 6.43. The van der Waals surface area contributed by atoms with Crippen molar-refractivity contribution in [3.05, 3.63) is 53.6 Å². The molecule has 0 aliphatic carbocycles. The molecule has 0 fully saturated rings. The lowest BCUT2D eigenvalue weighted by Gasteiger charge is -2.06. The third-order valence-corrected chi connectivity index (χ3v) is 3.29. The second kappa shape index (κ2) is 5.04. The number of nitrogens with zero attached hydrogens (tertiary/aromatic N) is 3. The molecule has 0 aliphatic rings. The number of nitriles is 1. The first kappa shape index (κ1) is 11.6. The van der Waals surface area contributed by atoms with Gasteiger partial charge in [-0.2, -0.15) is 14.0 Å². The van der Waals surface area contributed by atoms with Crippen LogP contribution in [0.15, 0.2) is 42.5 Å². The Labute approximate surface area is 114 Å². The van der Waals surface area contributed by atoms with Crippen LogP contribution in [0.1, 0.15) is 11.1 Å². The number of aromatic nitrogens is 2. The van der Waals surface area contributed by atoms with E-state index in [-0.39, 0.29) is 0 Å². The summed E-state index contributed by atoms with van der Waals surface area (Å²) in [5.41, 5.74) is 3.42. The van der Waals surface area contributed by atoms with E-state index < -0.39 is 0 Å². The minimum Gasteiger partial charge on any atom is -0.489 e. The fourth-order valence-corrected chi connectivity index (χ4v) is 2.33. The summed E-state index contributed by atoms with van der Waals surface area (Å²) in [6.07, 6.45) is 0. The average Bonchev–Trinajstić information content (AvgIpc) is 2.94. The Morgan fingerprint density at radius 3 is 2.74 bits per heavy atom. The molecule has 0 aliphatic heterocycles. The maximum Gasteiger partial charge on any atom is 0.119 e. The molecular formula is C14H9N3OS. The van der Waals surface area contributed by atoms with Gasteiger partial charge in [0.2, 0.25) is 0 Å². The summed E-state index contributed by atoms with van der Waals surface area (Å²) in [4.78, 5) is 0. The van der Waals surface area contributed by atoms with Crippen molar-refractivity contribution in [1.29, 1.82) is 5.26 Å². The van der Waals surface area contributed by atoms with Gasteiger partial charge in [-0.15, -0.1) is 0 Å². The molecule has 5 heteroatoms. The molecule has 0 saturated heterocycles. The molecule has 92 valence electrons. The topological polar surface area (TPSA) is 58.8 Å². The van der Waals surface area contributed by atoms with Crippen molar-refractivity contribution < 1.29 is 4.74 Å². The van der Waals surface area contributed by atoms with Gasteiger partial charge in [0.25, 0.3) is 0 Å². The van der Waals surface area contributed by atoms with E-state index in [4.69, 9.17) is 10.00 Å². The number of ether oxygens (including phenoxy) is 1. The Hall–Kier alpha value is -2.45. The van der Waals surface area contributed by atoms with Gasteiger partial charge in [-0.1, -0.05) is 12.1 Å². The zero-order chi connectivity index (χ0) is 13.1. The van der Waals surface area contributed by atoms with Gasteiger partial charge in [-0.3, -0.25) is 0 Å². The van der Waals surface area contributed by atoms with E-state index in [0.29, 0.717) is 12.2 Å². The third kappa shape index (κ3) is 2.39. The molecule has 0 spiro atoms. The molecule has 3 rings (SSSR count). The Kier molecular flexibility index (Phi) is 3.09. The van der Waals surface area contributed by atoms with Crippen LogP contribution in [0.4, 0.5) is 0 Å². The fourth-order valence-electron chi connectivity index (χ4n) is 1.77. The normalized spacial score (nSPS) is 10.3. The van der Waals surface area contributed by atoms with E-state index in [0.717, 1.165) is 22.3 Å². The molecule has 19 heavy (non-hydrogen) atoms. The van der Waals surface area contributed by atoms with Crippen LogP contribution in [0.5, 0.6) is 5.75 Å². The van der Waals surface area contributed by atoms with Crippen LogP contribution in [0.25, 0.3) is 11.0 Å². The zero-order valence-electron chi connectivity index (χ0n) is 9.91. The van der Waals surface area contributed by atoms with E-state index >= 15 is 0 Å². The van der Waals surface area contributed by atoms with Gasteiger partial charge in [0.05, 0.1) is 23.4 Å². The Morgan fingerprint density at radius 1 is 1.11 bits per heavy atom. The van der Waals surface area contributed by atoms with Gasteiger partial charge in [-0.05, 0) is 30.3 Å². The standard InChI is InChI=1S/C14H9N3OS/c15-8-10-4-6-12(7-5-10)18-9-11-2-1-3-13-14(11)17-19-16-13/h1-7H,9H2. The van der Waals surface area contributed by atoms with Crippen molar-refractivity contribution in [1.82, 2.24) is 8.75 Å². The van der Waals surface area contributed by atoms with Gasteiger partial charge < -0.3 is 4.74 Å². The van der Waals surface area contributed by atoms with Gasteiger partial charge >= 0.3 is 0 Å². The van der Waals surface area contributed by atoms with Crippen LogP contribution >= 0.6 is 11.7 Å². The molecule has 3 aromatic rings. The second-order valence-corrected chi connectivity index (χ2v) is 4.50. The fraction of sp³-hybridized carbons (Fsp3) is 0.0714. The summed E-state index contributed by atoms with van der Waals surface area (Å²) in [6.45, 7) is 0.439. The van der Waals surface area contributed by atoms with Crippen molar-refractivity contribution in [2.45, 2.75) is 6.61 Å². The largest absolute Gasteiger partial charge is 0.489 e. The van der Waals surface area contributed by atoms with Crippen LogP contribution in [0, 0.1) is 11.3 Å². The predicted octanol–water partition coefficient (Wildman–Crippen LogP) is 3.14. The molecule has 2 aromatic carbocycles. The van der Waals surface area contributed by atoms with Crippen molar-refractivity contribution in [2.24, 2.45) is 0 Å². The summed E-state index contributed by atoms with van der Waals surface area (Å²) < 4.78 is 14.2. The lowest BCUT2D eigenvalue weighted by Crippen LogP contribution is -1.96. The molecule has 0 N–H and O–H groups in total. The van der Waals surface area contributed by atoms with Gasteiger partial charge in [0.15, 0.2) is 0 Å². The highest BCUT2D eigenvalue weighted by molar-refractivity contribution is 7.00. The molecular weight excluding hydrogens is 258 g/mol. The highest BCUT2D eigenvalue weighted by Gasteiger charge is 2.05. The summed E-state index contributed by atoms with van der Waals surface area (Å²) in [5, 5.41) is 8.73. The predicted molar refractivity (Wildman–Crippen MR) is 72.9 cm³/mol. The van der Waals surface area contributed by atoms with Gasteiger partial charge in [-0.25, -0.2) is 0 Å². The monoisotopic (exact) mass is 267 g/mol. The highest BCUT2D eigenvalue weighted by Crippen LogP contribution is 2.19.